The third-order valence-electron chi connectivity index (χ3n) is 5.04. The van der Waals surface area contributed by atoms with Crippen molar-refractivity contribution in [1.82, 2.24) is 10.2 Å². The van der Waals surface area contributed by atoms with Crippen LogP contribution in [-0.4, -0.2) is 60.9 Å². The number of non-ortho nitro benzene ring substituents is 1. The van der Waals surface area contributed by atoms with Gasteiger partial charge in [0.15, 0.2) is 0 Å². The predicted octanol–water partition coefficient (Wildman–Crippen LogP) is 2.52. The molecule has 0 atom stereocenters. The van der Waals surface area contributed by atoms with Crippen molar-refractivity contribution in [2.45, 2.75) is 6.42 Å². The maximum Gasteiger partial charge on any atom is 0.313 e. The van der Waals surface area contributed by atoms with E-state index >= 15 is 0 Å². The lowest BCUT2D eigenvalue weighted by molar-refractivity contribution is -0.384. The molecular weight excluding hydrogens is 422 g/mol. The molecule has 0 bridgehead atoms. The third-order valence-corrected chi connectivity index (χ3v) is 5.29. The quantitative estimate of drug-likeness (QED) is 0.293. The fourth-order valence-electron chi connectivity index (χ4n) is 3.32. The number of rotatable bonds is 7. The molecule has 10 heteroatoms. The molecule has 0 unspecified atom stereocenters. The van der Waals surface area contributed by atoms with Crippen LogP contribution in [0.15, 0.2) is 48.5 Å². The molecule has 9 nitrogen and oxygen atoms in total. The Labute approximate surface area is 185 Å². The molecule has 31 heavy (non-hydrogen) atoms. The van der Waals surface area contributed by atoms with E-state index < -0.39 is 16.7 Å². The van der Waals surface area contributed by atoms with Gasteiger partial charge in [0.05, 0.1) is 4.92 Å². The highest BCUT2D eigenvalue weighted by molar-refractivity contribution is 6.39. The van der Waals surface area contributed by atoms with E-state index in [1.165, 1.54) is 24.3 Å². The van der Waals surface area contributed by atoms with Gasteiger partial charge in [0.2, 0.25) is 0 Å². The van der Waals surface area contributed by atoms with Crippen LogP contribution in [0.25, 0.3) is 0 Å². The van der Waals surface area contributed by atoms with Gasteiger partial charge in [-0.15, -0.1) is 0 Å². The number of nitro benzene ring substituents is 1. The van der Waals surface area contributed by atoms with Gasteiger partial charge >= 0.3 is 11.8 Å². The monoisotopic (exact) mass is 445 g/mol. The number of nitro groups is 1. The van der Waals surface area contributed by atoms with Gasteiger partial charge in [0.1, 0.15) is 0 Å². The number of nitrogens with zero attached hydrogens (tertiary/aromatic N) is 3. The summed E-state index contributed by atoms with van der Waals surface area (Å²) in [4.78, 5) is 38.6. The molecule has 1 aliphatic heterocycles. The van der Waals surface area contributed by atoms with E-state index in [0.717, 1.165) is 49.9 Å². The molecule has 1 heterocycles. The van der Waals surface area contributed by atoms with E-state index in [1.54, 1.807) is 0 Å². The van der Waals surface area contributed by atoms with Gasteiger partial charge in [-0.1, -0.05) is 11.6 Å². The standard InChI is InChI=1S/C21H24ClN5O4/c22-16-2-6-18(7-3-16)26-14-12-25(13-15-26)11-1-10-23-20(28)21(29)24-17-4-8-19(9-5-17)27(30)31/h2-9H,1,10-15H2,(H,23,28)(H,24,29). The molecule has 1 aliphatic rings. The van der Waals surface area contributed by atoms with Crippen LogP contribution >= 0.6 is 11.6 Å². The number of nitrogens with one attached hydrogen (secondary N) is 2. The van der Waals surface area contributed by atoms with Crippen molar-refractivity contribution >= 4 is 40.5 Å². The van der Waals surface area contributed by atoms with Gasteiger partial charge in [0, 0.05) is 61.3 Å². The number of piperazine rings is 1. The van der Waals surface area contributed by atoms with Gasteiger partial charge in [0.25, 0.3) is 5.69 Å². The maximum absolute atomic E-state index is 11.9. The summed E-state index contributed by atoms with van der Waals surface area (Å²) in [5.41, 5.74) is 1.40. The lowest BCUT2D eigenvalue weighted by atomic mass is 10.2. The van der Waals surface area contributed by atoms with Crippen molar-refractivity contribution in [2.75, 3.05) is 49.5 Å². The Morgan fingerprint density at radius 3 is 2.23 bits per heavy atom. The lowest BCUT2D eigenvalue weighted by Crippen LogP contribution is -2.47. The van der Waals surface area contributed by atoms with E-state index in [4.69, 9.17) is 11.6 Å². The summed E-state index contributed by atoms with van der Waals surface area (Å²) in [6.45, 7) is 4.92. The number of carbonyl (C=O) groups excluding carboxylic acids is 2. The summed E-state index contributed by atoms with van der Waals surface area (Å²) in [6.07, 6.45) is 0.734. The molecule has 0 aliphatic carbocycles. The molecule has 2 amide bonds. The number of hydrogen-bond donors (Lipinski definition) is 2. The second-order valence-corrected chi connectivity index (χ2v) is 7.61. The Bertz CT molecular complexity index is 912. The van der Waals surface area contributed by atoms with Crippen molar-refractivity contribution in [1.29, 1.82) is 0 Å². The minimum atomic E-state index is -0.801. The molecule has 2 aromatic rings. The summed E-state index contributed by atoms with van der Waals surface area (Å²) in [6, 6.07) is 13.1. The number of hydrogen-bond acceptors (Lipinski definition) is 6. The van der Waals surface area contributed by atoms with Gasteiger partial charge in [-0.2, -0.15) is 0 Å². The highest BCUT2D eigenvalue weighted by Gasteiger charge is 2.18. The van der Waals surface area contributed by atoms with Crippen molar-refractivity contribution < 1.29 is 14.5 Å². The van der Waals surface area contributed by atoms with Crippen molar-refractivity contribution in [3.8, 4) is 0 Å². The normalized spacial score (nSPS) is 14.2. The summed E-state index contributed by atoms with van der Waals surface area (Å²) in [5.74, 6) is -1.53. The molecule has 0 radical (unpaired) electrons. The third kappa shape index (κ3) is 6.66. The molecule has 2 aromatic carbocycles. The molecule has 1 fully saturated rings. The van der Waals surface area contributed by atoms with E-state index in [1.807, 2.05) is 24.3 Å². The van der Waals surface area contributed by atoms with Crippen LogP contribution in [0, 0.1) is 10.1 Å². The highest BCUT2D eigenvalue weighted by Crippen LogP contribution is 2.19. The van der Waals surface area contributed by atoms with Crippen molar-refractivity contribution in [2.24, 2.45) is 0 Å². The van der Waals surface area contributed by atoms with Crippen LogP contribution in [0.1, 0.15) is 6.42 Å². The number of carbonyl (C=O) groups is 2. The molecule has 0 aromatic heterocycles. The molecular formula is C21H24ClN5O4. The van der Waals surface area contributed by atoms with Crippen LogP contribution in [0.3, 0.4) is 0 Å². The minimum Gasteiger partial charge on any atom is -0.369 e. The second-order valence-electron chi connectivity index (χ2n) is 7.17. The molecule has 0 spiro atoms. The molecule has 1 saturated heterocycles. The molecule has 2 N–H and O–H groups in total. The van der Waals surface area contributed by atoms with Gasteiger partial charge in [-0.25, -0.2) is 0 Å². The number of halogens is 1. The smallest absolute Gasteiger partial charge is 0.313 e. The lowest BCUT2D eigenvalue weighted by Gasteiger charge is -2.36. The first-order valence-electron chi connectivity index (χ1n) is 9.99. The first-order chi connectivity index (χ1) is 14.9. The molecule has 164 valence electrons. The van der Waals surface area contributed by atoms with E-state index in [-0.39, 0.29) is 5.69 Å². The largest absolute Gasteiger partial charge is 0.369 e. The second kappa shape index (κ2) is 10.7. The summed E-state index contributed by atoms with van der Waals surface area (Å²) < 4.78 is 0. The zero-order valence-corrected chi connectivity index (χ0v) is 17.7. The van der Waals surface area contributed by atoms with Gasteiger partial charge in [-0.05, 0) is 49.4 Å². The topological polar surface area (TPSA) is 108 Å². The Kier molecular flexibility index (Phi) is 7.80. The number of benzene rings is 2. The molecule has 0 saturated carbocycles. The first-order valence-corrected chi connectivity index (χ1v) is 10.4. The number of anilines is 2. The highest BCUT2D eigenvalue weighted by atomic mass is 35.5. The summed E-state index contributed by atoms with van der Waals surface area (Å²) >= 11 is 5.94. The Morgan fingerprint density at radius 2 is 1.61 bits per heavy atom. The fourth-order valence-corrected chi connectivity index (χ4v) is 3.45. The van der Waals surface area contributed by atoms with Crippen LogP contribution in [0.4, 0.5) is 17.1 Å². The van der Waals surface area contributed by atoms with Crippen molar-refractivity contribution in [3.05, 3.63) is 63.7 Å². The Hall–Kier alpha value is -3.17. The summed E-state index contributed by atoms with van der Waals surface area (Å²) in [5, 5.41) is 16.4. The van der Waals surface area contributed by atoms with Crippen LogP contribution in [0.2, 0.25) is 5.02 Å². The van der Waals surface area contributed by atoms with Crippen LogP contribution in [-0.2, 0) is 9.59 Å². The minimum absolute atomic E-state index is 0.0866. The summed E-state index contributed by atoms with van der Waals surface area (Å²) in [7, 11) is 0. The van der Waals surface area contributed by atoms with Gasteiger partial charge < -0.3 is 15.5 Å². The molecule has 3 rings (SSSR count). The Balaban J connectivity index is 1.32. The SMILES string of the molecule is O=C(NCCCN1CCN(c2ccc(Cl)cc2)CC1)C(=O)Nc1ccc([N+](=O)[O-])cc1. The van der Waals surface area contributed by atoms with E-state index in [0.29, 0.717) is 12.2 Å². The zero-order valence-electron chi connectivity index (χ0n) is 16.9. The predicted molar refractivity (Wildman–Crippen MR) is 119 cm³/mol. The fraction of sp³-hybridized carbons (Fsp3) is 0.333. The average Bonchev–Trinajstić information content (AvgIpc) is 2.78. The number of amides is 2. The average molecular weight is 446 g/mol. The maximum atomic E-state index is 11.9. The van der Waals surface area contributed by atoms with E-state index in [2.05, 4.69) is 20.4 Å². The van der Waals surface area contributed by atoms with Gasteiger partial charge in [-0.3, -0.25) is 24.6 Å². The van der Waals surface area contributed by atoms with E-state index in [9.17, 15) is 19.7 Å². The van der Waals surface area contributed by atoms with Crippen LogP contribution < -0.4 is 15.5 Å². The Morgan fingerprint density at radius 1 is 0.968 bits per heavy atom. The zero-order chi connectivity index (χ0) is 22.2. The first kappa shape index (κ1) is 22.5. The van der Waals surface area contributed by atoms with Crippen LogP contribution in [0.5, 0.6) is 0 Å². The van der Waals surface area contributed by atoms with Crippen molar-refractivity contribution in [3.63, 3.8) is 0 Å².